The largest absolute Gasteiger partial charge is 0.459 e. The van der Waals surface area contributed by atoms with Gasteiger partial charge in [0.1, 0.15) is 6.61 Å². The molecule has 0 saturated carbocycles. The molecule has 74 valence electrons. The lowest BCUT2D eigenvalue weighted by molar-refractivity contribution is -0.142. The minimum absolute atomic E-state index is 0.262. The monoisotopic (exact) mass is 191 g/mol. The Hall–Kier alpha value is -1.38. The summed E-state index contributed by atoms with van der Waals surface area (Å²) in [5, 5.41) is 0. The number of pyridine rings is 1. The Morgan fingerprint density at radius 1 is 1.64 bits per heavy atom. The van der Waals surface area contributed by atoms with Gasteiger partial charge in [0.25, 0.3) is 0 Å². The molecule has 1 aromatic rings. The van der Waals surface area contributed by atoms with E-state index in [1.165, 1.54) is 12.5 Å². The number of esters is 1. The molecule has 0 N–H and O–H groups in total. The maximum Gasteiger partial charge on any atom is 0.303 e. The first-order chi connectivity index (χ1) is 6.66. The van der Waals surface area contributed by atoms with Crippen LogP contribution in [0, 0.1) is 0 Å². The van der Waals surface area contributed by atoms with Crippen molar-refractivity contribution in [2.45, 2.75) is 32.8 Å². The SMILES string of the molecule is CC(=O)OCc1ccc2c(n1)[C@H](C)C2. The zero-order valence-electron chi connectivity index (χ0n) is 8.41. The van der Waals surface area contributed by atoms with E-state index in [2.05, 4.69) is 18.0 Å². The van der Waals surface area contributed by atoms with Crippen molar-refractivity contribution in [2.75, 3.05) is 0 Å². The van der Waals surface area contributed by atoms with Gasteiger partial charge < -0.3 is 4.74 Å². The third-order valence-corrected chi connectivity index (χ3v) is 2.49. The summed E-state index contributed by atoms with van der Waals surface area (Å²) >= 11 is 0. The fraction of sp³-hybridized carbons (Fsp3) is 0.455. The second-order valence-corrected chi connectivity index (χ2v) is 3.73. The number of nitrogens with zero attached hydrogens (tertiary/aromatic N) is 1. The number of carbonyl (C=O) groups is 1. The average molecular weight is 191 g/mol. The molecule has 0 saturated heterocycles. The first kappa shape index (κ1) is 9.19. The van der Waals surface area contributed by atoms with Crippen LogP contribution in [0.1, 0.15) is 36.7 Å². The van der Waals surface area contributed by atoms with Crippen LogP contribution < -0.4 is 0 Å². The molecule has 1 heterocycles. The van der Waals surface area contributed by atoms with Gasteiger partial charge in [-0.25, -0.2) is 0 Å². The van der Waals surface area contributed by atoms with Crippen LogP contribution in [-0.4, -0.2) is 11.0 Å². The number of rotatable bonds is 2. The maximum absolute atomic E-state index is 10.6. The molecule has 1 aliphatic rings. The highest BCUT2D eigenvalue weighted by molar-refractivity contribution is 5.65. The molecule has 2 rings (SSSR count). The van der Waals surface area contributed by atoms with E-state index in [1.54, 1.807) is 0 Å². The second kappa shape index (κ2) is 3.40. The lowest BCUT2D eigenvalue weighted by atomic mass is 9.83. The minimum atomic E-state index is -0.262. The predicted octanol–water partition coefficient (Wildman–Crippen LogP) is 1.80. The molecule has 1 aliphatic carbocycles. The lowest BCUT2D eigenvalue weighted by Gasteiger charge is -2.25. The van der Waals surface area contributed by atoms with Crippen LogP contribution in [0.2, 0.25) is 0 Å². The van der Waals surface area contributed by atoms with E-state index in [1.807, 2.05) is 6.07 Å². The molecule has 1 aromatic heterocycles. The average Bonchev–Trinajstić information content (AvgIpc) is 2.14. The van der Waals surface area contributed by atoms with Crippen LogP contribution in [0.3, 0.4) is 0 Å². The van der Waals surface area contributed by atoms with Gasteiger partial charge in [-0.3, -0.25) is 9.78 Å². The Morgan fingerprint density at radius 3 is 3.07 bits per heavy atom. The summed E-state index contributed by atoms with van der Waals surface area (Å²) in [5.74, 6) is 0.296. The number of carbonyl (C=O) groups excluding carboxylic acids is 1. The van der Waals surface area contributed by atoms with Crippen LogP contribution in [0.25, 0.3) is 0 Å². The fourth-order valence-electron chi connectivity index (χ4n) is 1.70. The van der Waals surface area contributed by atoms with E-state index in [0.29, 0.717) is 5.92 Å². The Morgan fingerprint density at radius 2 is 2.43 bits per heavy atom. The molecule has 0 fully saturated rings. The van der Waals surface area contributed by atoms with Gasteiger partial charge in [-0.05, 0) is 18.1 Å². The summed E-state index contributed by atoms with van der Waals surface area (Å²) in [4.78, 5) is 15.0. The van der Waals surface area contributed by atoms with Crippen molar-refractivity contribution in [3.63, 3.8) is 0 Å². The highest BCUT2D eigenvalue weighted by atomic mass is 16.5. The quantitative estimate of drug-likeness (QED) is 0.669. The molecular weight excluding hydrogens is 178 g/mol. The molecule has 3 nitrogen and oxygen atoms in total. The fourth-order valence-corrected chi connectivity index (χ4v) is 1.70. The van der Waals surface area contributed by atoms with Crippen molar-refractivity contribution in [1.82, 2.24) is 4.98 Å². The highest BCUT2D eigenvalue weighted by Gasteiger charge is 2.23. The molecular formula is C11H13NO2. The molecule has 0 unspecified atom stereocenters. The summed E-state index contributed by atoms with van der Waals surface area (Å²) in [5.41, 5.74) is 3.32. The molecule has 1 atom stereocenters. The van der Waals surface area contributed by atoms with Gasteiger partial charge in [0.15, 0.2) is 0 Å². The van der Waals surface area contributed by atoms with Gasteiger partial charge in [-0.1, -0.05) is 13.0 Å². The van der Waals surface area contributed by atoms with Gasteiger partial charge >= 0.3 is 5.97 Å². The number of aromatic nitrogens is 1. The topological polar surface area (TPSA) is 39.2 Å². The van der Waals surface area contributed by atoms with E-state index in [0.717, 1.165) is 17.8 Å². The second-order valence-electron chi connectivity index (χ2n) is 3.73. The first-order valence-corrected chi connectivity index (χ1v) is 4.79. The molecule has 14 heavy (non-hydrogen) atoms. The molecule has 0 aliphatic heterocycles. The maximum atomic E-state index is 10.6. The number of fused-ring (bicyclic) bond motifs is 1. The number of hydrogen-bond donors (Lipinski definition) is 0. The summed E-state index contributed by atoms with van der Waals surface area (Å²) in [7, 11) is 0. The van der Waals surface area contributed by atoms with E-state index in [-0.39, 0.29) is 12.6 Å². The molecule has 0 radical (unpaired) electrons. The van der Waals surface area contributed by atoms with E-state index < -0.39 is 0 Å². The summed E-state index contributed by atoms with van der Waals surface area (Å²) < 4.78 is 4.88. The van der Waals surface area contributed by atoms with Gasteiger partial charge in [0, 0.05) is 18.5 Å². The molecule has 0 aromatic carbocycles. The van der Waals surface area contributed by atoms with Gasteiger partial charge in [-0.15, -0.1) is 0 Å². The zero-order valence-corrected chi connectivity index (χ0v) is 8.41. The Bertz CT molecular complexity index is 374. The van der Waals surface area contributed by atoms with Crippen LogP contribution in [0.15, 0.2) is 12.1 Å². The van der Waals surface area contributed by atoms with Crippen molar-refractivity contribution >= 4 is 5.97 Å². The van der Waals surface area contributed by atoms with Gasteiger partial charge in [0.05, 0.1) is 5.69 Å². The summed E-state index contributed by atoms with van der Waals surface area (Å²) in [6, 6.07) is 3.99. The smallest absolute Gasteiger partial charge is 0.303 e. The standard InChI is InChI=1S/C11H13NO2/c1-7-5-9-3-4-10(12-11(7)9)6-14-8(2)13/h3-4,7H,5-6H2,1-2H3/t7-/m1/s1. The van der Waals surface area contributed by atoms with Gasteiger partial charge in [0.2, 0.25) is 0 Å². The van der Waals surface area contributed by atoms with Crippen LogP contribution in [-0.2, 0) is 22.6 Å². The third kappa shape index (κ3) is 1.62. The van der Waals surface area contributed by atoms with Crippen molar-refractivity contribution in [2.24, 2.45) is 0 Å². The van der Waals surface area contributed by atoms with E-state index >= 15 is 0 Å². The normalized spacial score (nSPS) is 18.3. The Kier molecular flexibility index (Phi) is 2.23. The molecule has 3 heteroatoms. The van der Waals surface area contributed by atoms with Gasteiger partial charge in [-0.2, -0.15) is 0 Å². The molecule has 0 spiro atoms. The van der Waals surface area contributed by atoms with Crippen molar-refractivity contribution < 1.29 is 9.53 Å². The number of ether oxygens (including phenoxy) is 1. The minimum Gasteiger partial charge on any atom is -0.459 e. The van der Waals surface area contributed by atoms with Crippen molar-refractivity contribution in [3.8, 4) is 0 Å². The van der Waals surface area contributed by atoms with Crippen molar-refractivity contribution in [1.29, 1.82) is 0 Å². The number of hydrogen-bond acceptors (Lipinski definition) is 3. The molecule has 0 amide bonds. The Labute approximate surface area is 83.1 Å². The van der Waals surface area contributed by atoms with E-state index in [4.69, 9.17) is 4.74 Å². The lowest BCUT2D eigenvalue weighted by Crippen LogP contribution is -2.17. The van der Waals surface area contributed by atoms with Crippen LogP contribution >= 0.6 is 0 Å². The van der Waals surface area contributed by atoms with Crippen molar-refractivity contribution in [3.05, 3.63) is 29.1 Å². The predicted molar refractivity (Wildman–Crippen MR) is 51.8 cm³/mol. The Balaban J connectivity index is 2.09. The molecule has 0 bridgehead atoms. The highest BCUT2D eigenvalue weighted by Crippen LogP contribution is 2.32. The zero-order chi connectivity index (χ0) is 10.1. The third-order valence-electron chi connectivity index (χ3n) is 2.49. The first-order valence-electron chi connectivity index (χ1n) is 4.79. The van der Waals surface area contributed by atoms with Crippen LogP contribution in [0.5, 0.6) is 0 Å². The van der Waals surface area contributed by atoms with Crippen LogP contribution in [0.4, 0.5) is 0 Å². The summed E-state index contributed by atoms with van der Waals surface area (Å²) in [6.45, 7) is 3.85. The summed E-state index contributed by atoms with van der Waals surface area (Å²) in [6.07, 6.45) is 1.12. The van der Waals surface area contributed by atoms with E-state index in [9.17, 15) is 4.79 Å².